The van der Waals surface area contributed by atoms with Gasteiger partial charge in [-0.05, 0) is 47.4 Å². The second-order valence-corrected chi connectivity index (χ2v) is 4.89. The van der Waals surface area contributed by atoms with Crippen LogP contribution in [0.5, 0.6) is 0 Å². The summed E-state index contributed by atoms with van der Waals surface area (Å²) in [5.74, 6) is 0.624. The van der Waals surface area contributed by atoms with Crippen molar-refractivity contribution in [3.05, 3.63) is 71.2 Å². The van der Waals surface area contributed by atoms with Gasteiger partial charge in [-0.3, -0.25) is 0 Å². The minimum absolute atomic E-state index is 0.624. The van der Waals surface area contributed by atoms with E-state index < -0.39 is 6.10 Å². The summed E-state index contributed by atoms with van der Waals surface area (Å²) in [7, 11) is 0. The van der Waals surface area contributed by atoms with Gasteiger partial charge in [0, 0.05) is 0 Å². The number of aryl methyl sites for hydroxylation is 2. The van der Waals surface area contributed by atoms with Crippen molar-refractivity contribution in [1.82, 2.24) is 0 Å². The first kappa shape index (κ1) is 12.0. The quantitative estimate of drug-likeness (QED) is 0.744. The van der Waals surface area contributed by atoms with Crippen molar-refractivity contribution in [3.63, 3.8) is 0 Å². The van der Waals surface area contributed by atoms with Gasteiger partial charge in [0.05, 0.1) is 6.26 Å². The van der Waals surface area contributed by atoms with E-state index >= 15 is 0 Å². The molecule has 0 saturated carbocycles. The molecule has 3 rings (SSSR count). The van der Waals surface area contributed by atoms with Crippen LogP contribution in [0, 0.1) is 13.8 Å². The minimum Gasteiger partial charge on any atom is -0.466 e. The van der Waals surface area contributed by atoms with Crippen LogP contribution in [0.4, 0.5) is 0 Å². The Kier molecular flexibility index (Phi) is 2.88. The van der Waals surface area contributed by atoms with Crippen molar-refractivity contribution < 1.29 is 9.52 Å². The van der Waals surface area contributed by atoms with Gasteiger partial charge in [0.2, 0.25) is 0 Å². The molecule has 1 atom stereocenters. The first-order chi connectivity index (χ1) is 9.18. The molecule has 2 heteroatoms. The maximum absolute atomic E-state index is 10.6. The predicted octanol–water partition coefficient (Wildman–Crippen LogP) is 4.13. The number of hydrogen-bond acceptors (Lipinski definition) is 2. The molecule has 96 valence electrons. The second-order valence-electron chi connectivity index (χ2n) is 4.89. The molecular weight excluding hydrogens is 236 g/mol. The number of aliphatic hydroxyl groups excluding tert-OH is 1. The van der Waals surface area contributed by atoms with Crippen LogP contribution in [-0.4, -0.2) is 5.11 Å². The molecule has 0 bridgehead atoms. The van der Waals surface area contributed by atoms with Crippen molar-refractivity contribution >= 4 is 10.8 Å². The molecule has 3 aromatic rings. The fourth-order valence-corrected chi connectivity index (χ4v) is 2.56. The molecule has 1 N–H and O–H groups in total. The minimum atomic E-state index is -0.721. The monoisotopic (exact) mass is 252 g/mol. The van der Waals surface area contributed by atoms with E-state index in [2.05, 4.69) is 12.1 Å². The largest absolute Gasteiger partial charge is 0.466 e. The van der Waals surface area contributed by atoms with Crippen molar-refractivity contribution in [2.45, 2.75) is 20.0 Å². The number of rotatable bonds is 2. The lowest BCUT2D eigenvalue weighted by molar-refractivity contribution is 0.189. The maximum atomic E-state index is 10.6. The molecule has 0 aliphatic heterocycles. The smallest absolute Gasteiger partial charge is 0.139 e. The Balaban J connectivity index is 2.24. The topological polar surface area (TPSA) is 33.4 Å². The zero-order valence-corrected chi connectivity index (χ0v) is 11.1. The summed E-state index contributed by atoms with van der Waals surface area (Å²) in [4.78, 5) is 0. The van der Waals surface area contributed by atoms with Crippen LogP contribution in [-0.2, 0) is 0 Å². The molecule has 0 radical (unpaired) electrons. The standard InChI is InChI=1S/C17H16O2/c1-11-7-8-13-5-3-4-6-14(13)15(11)16(18)17-12(2)9-10-19-17/h3-10,16,18H,1-2H3. The normalized spacial score (nSPS) is 12.8. The lowest BCUT2D eigenvalue weighted by Crippen LogP contribution is -2.03. The van der Waals surface area contributed by atoms with Gasteiger partial charge in [-0.1, -0.05) is 36.4 Å². The highest BCUT2D eigenvalue weighted by Gasteiger charge is 2.20. The SMILES string of the molecule is Cc1ccoc1C(O)c1c(C)ccc2ccccc12. The van der Waals surface area contributed by atoms with E-state index in [-0.39, 0.29) is 0 Å². The molecular formula is C17H16O2. The molecule has 2 aromatic carbocycles. The molecule has 1 heterocycles. The Hall–Kier alpha value is -2.06. The fourth-order valence-electron chi connectivity index (χ4n) is 2.56. The fraction of sp³-hybridized carbons (Fsp3) is 0.176. The highest BCUT2D eigenvalue weighted by molar-refractivity contribution is 5.87. The molecule has 0 amide bonds. The second kappa shape index (κ2) is 4.56. The van der Waals surface area contributed by atoms with Gasteiger partial charge in [-0.2, -0.15) is 0 Å². The third-order valence-electron chi connectivity index (χ3n) is 3.61. The number of benzene rings is 2. The zero-order chi connectivity index (χ0) is 13.4. The van der Waals surface area contributed by atoms with Gasteiger partial charge in [-0.15, -0.1) is 0 Å². The van der Waals surface area contributed by atoms with Crippen LogP contribution >= 0.6 is 0 Å². The van der Waals surface area contributed by atoms with Crippen LogP contribution in [0.3, 0.4) is 0 Å². The van der Waals surface area contributed by atoms with Crippen LogP contribution in [0.1, 0.15) is 28.6 Å². The molecule has 1 unspecified atom stereocenters. The molecule has 19 heavy (non-hydrogen) atoms. The summed E-state index contributed by atoms with van der Waals surface area (Å²) in [6, 6.07) is 14.1. The summed E-state index contributed by atoms with van der Waals surface area (Å²) in [6.07, 6.45) is 0.898. The summed E-state index contributed by atoms with van der Waals surface area (Å²) in [6.45, 7) is 3.96. The van der Waals surface area contributed by atoms with Crippen molar-refractivity contribution in [2.24, 2.45) is 0 Å². The molecule has 2 nitrogen and oxygen atoms in total. The van der Waals surface area contributed by atoms with E-state index in [1.165, 1.54) is 0 Å². The van der Waals surface area contributed by atoms with Crippen LogP contribution < -0.4 is 0 Å². The van der Waals surface area contributed by atoms with E-state index in [0.29, 0.717) is 5.76 Å². The van der Waals surface area contributed by atoms with E-state index in [4.69, 9.17) is 4.42 Å². The number of hydrogen-bond donors (Lipinski definition) is 1. The summed E-state index contributed by atoms with van der Waals surface area (Å²) in [5.41, 5.74) is 2.97. The Bertz CT molecular complexity index is 725. The Morgan fingerprint density at radius 1 is 0.947 bits per heavy atom. The summed E-state index contributed by atoms with van der Waals surface area (Å²) < 4.78 is 5.43. The van der Waals surface area contributed by atoms with Gasteiger partial charge >= 0.3 is 0 Å². The first-order valence-electron chi connectivity index (χ1n) is 6.39. The number of aliphatic hydroxyl groups is 1. The summed E-state index contributed by atoms with van der Waals surface area (Å²) >= 11 is 0. The Morgan fingerprint density at radius 2 is 1.74 bits per heavy atom. The molecule has 0 saturated heterocycles. The van der Waals surface area contributed by atoms with Gasteiger partial charge in [0.25, 0.3) is 0 Å². The molecule has 0 aliphatic rings. The lowest BCUT2D eigenvalue weighted by Gasteiger charge is -2.15. The molecule has 0 fully saturated rings. The average molecular weight is 252 g/mol. The van der Waals surface area contributed by atoms with Crippen molar-refractivity contribution in [1.29, 1.82) is 0 Å². The third kappa shape index (κ3) is 1.94. The van der Waals surface area contributed by atoms with Crippen LogP contribution in [0.2, 0.25) is 0 Å². The molecule has 0 spiro atoms. The van der Waals surface area contributed by atoms with Gasteiger partial charge < -0.3 is 9.52 Å². The average Bonchev–Trinajstić information content (AvgIpc) is 2.84. The van der Waals surface area contributed by atoms with Crippen LogP contribution in [0.15, 0.2) is 53.1 Å². The first-order valence-corrected chi connectivity index (χ1v) is 6.39. The van der Waals surface area contributed by atoms with E-state index in [1.54, 1.807) is 6.26 Å². The van der Waals surface area contributed by atoms with Crippen molar-refractivity contribution in [2.75, 3.05) is 0 Å². The van der Waals surface area contributed by atoms with Crippen LogP contribution in [0.25, 0.3) is 10.8 Å². The van der Waals surface area contributed by atoms with E-state index in [9.17, 15) is 5.11 Å². The molecule has 0 aliphatic carbocycles. The maximum Gasteiger partial charge on any atom is 0.139 e. The highest BCUT2D eigenvalue weighted by Crippen LogP contribution is 2.33. The van der Waals surface area contributed by atoms with E-state index in [0.717, 1.165) is 27.5 Å². The zero-order valence-electron chi connectivity index (χ0n) is 11.1. The number of furan rings is 1. The predicted molar refractivity (Wildman–Crippen MR) is 76.2 cm³/mol. The number of fused-ring (bicyclic) bond motifs is 1. The van der Waals surface area contributed by atoms with Gasteiger partial charge in [-0.25, -0.2) is 0 Å². The van der Waals surface area contributed by atoms with Crippen molar-refractivity contribution in [3.8, 4) is 0 Å². The van der Waals surface area contributed by atoms with Gasteiger partial charge in [0.1, 0.15) is 11.9 Å². The van der Waals surface area contributed by atoms with E-state index in [1.807, 2.05) is 44.2 Å². The Labute approximate surface area is 112 Å². The molecule has 1 aromatic heterocycles. The lowest BCUT2D eigenvalue weighted by atomic mass is 9.94. The van der Waals surface area contributed by atoms with Gasteiger partial charge in [0.15, 0.2) is 0 Å². The summed E-state index contributed by atoms with van der Waals surface area (Å²) in [5, 5.41) is 12.9. The highest BCUT2D eigenvalue weighted by atomic mass is 16.4. The Morgan fingerprint density at radius 3 is 2.47 bits per heavy atom. The third-order valence-corrected chi connectivity index (χ3v) is 3.61.